The van der Waals surface area contributed by atoms with Crippen LogP contribution in [0.4, 0.5) is 0 Å². The molecule has 0 aromatic rings. The molecule has 0 saturated carbocycles. The molecule has 2 nitrogen and oxygen atoms in total. The molecule has 0 atom stereocenters. The summed E-state index contributed by atoms with van der Waals surface area (Å²) in [6, 6.07) is 0. The van der Waals surface area contributed by atoms with Crippen molar-refractivity contribution in [3.63, 3.8) is 0 Å². The molecule has 0 unspecified atom stereocenters. The molecular weight excluding hydrogens is 112 g/mol. The molecule has 0 amide bonds. The minimum Gasteiger partial charge on any atom is -0.304 e. The van der Waals surface area contributed by atoms with Crippen LogP contribution in [0.2, 0.25) is 0 Å². The lowest BCUT2D eigenvalue weighted by Crippen LogP contribution is -1.92. The van der Waals surface area contributed by atoms with Gasteiger partial charge in [-0.2, -0.15) is 0 Å². The van der Waals surface area contributed by atoms with Gasteiger partial charge in [0.25, 0.3) is 0 Å². The standard InChI is InChI=1S/C7H12N2/c1-3-5-9-6-7(8)4-2/h3,5-6,8H,4H2,1-2H3/b5-3-,8-7?,9-6-. The van der Waals surface area contributed by atoms with E-state index in [1.54, 1.807) is 12.4 Å². The quantitative estimate of drug-likeness (QED) is 0.559. The Hall–Kier alpha value is -0.920. The van der Waals surface area contributed by atoms with Crippen LogP contribution in [0.1, 0.15) is 20.3 Å². The van der Waals surface area contributed by atoms with Crippen molar-refractivity contribution in [1.29, 1.82) is 5.41 Å². The molecular formula is C7H12N2. The van der Waals surface area contributed by atoms with Gasteiger partial charge in [0.15, 0.2) is 0 Å². The van der Waals surface area contributed by atoms with Gasteiger partial charge in [-0.3, -0.25) is 4.99 Å². The molecule has 0 aromatic carbocycles. The summed E-state index contributed by atoms with van der Waals surface area (Å²) >= 11 is 0. The van der Waals surface area contributed by atoms with Gasteiger partial charge in [-0.05, 0) is 13.3 Å². The van der Waals surface area contributed by atoms with Crippen molar-refractivity contribution in [1.82, 2.24) is 0 Å². The number of hydrogen-bond acceptors (Lipinski definition) is 2. The van der Waals surface area contributed by atoms with Crippen molar-refractivity contribution < 1.29 is 0 Å². The van der Waals surface area contributed by atoms with Crippen molar-refractivity contribution in [2.24, 2.45) is 4.99 Å². The molecule has 0 rings (SSSR count). The molecule has 0 spiro atoms. The first kappa shape index (κ1) is 8.08. The lowest BCUT2D eigenvalue weighted by Gasteiger charge is -1.83. The van der Waals surface area contributed by atoms with Crippen LogP contribution in [-0.4, -0.2) is 11.9 Å². The minimum absolute atomic E-state index is 0.563. The first-order chi connectivity index (χ1) is 4.31. The lowest BCUT2D eigenvalue weighted by atomic mass is 10.3. The smallest absolute Gasteiger partial charge is 0.0493 e. The zero-order valence-corrected chi connectivity index (χ0v) is 5.89. The molecule has 0 aliphatic rings. The SMILES string of the molecule is C/C=C\N=C/C(=N)CC. The zero-order chi connectivity index (χ0) is 7.11. The molecule has 1 N–H and O–H groups in total. The van der Waals surface area contributed by atoms with Crippen molar-refractivity contribution in [2.75, 3.05) is 0 Å². The number of allylic oxidation sites excluding steroid dienone is 1. The van der Waals surface area contributed by atoms with E-state index in [0.29, 0.717) is 5.71 Å². The van der Waals surface area contributed by atoms with E-state index in [9.17, 15) is 0 Å². The highest BCUT2D eigenvalue weighted by atomic mass is 14.7. The Kier molecular flexibility index (Phi) is 4.69. The van der Waals surface area contributed by atoms with Crippen LogP contribution in [0.3, 0.4) is 0 Å². The van der Waals surface area contributed by atoms with Gasteiger partial charge < -0.3 is 5.41 Å². The average molecular weight is 124 g/mol. The Labute approximate surface area is 55.8 Å². The van der Waals surface area contributed by atoms with Gasteiger partial charge in [-0.1, -0.05) is 13.0 Å². The van der Waals surface area contributed by atoms with Crippen molar-refractivity contribution >= 4 is 11.9 Å². The first-order valence-electron chi connectivity index (χ1n) is 3.03. The predicted molar refractivity (Wildman–Crippen MR) is 41.3 cm³/mol. The van der Waals surface area contributed by atoms with Crippen LogP contribution in [-0.2, 0) is 0 Å². The first-order valence-corrected chi connectivity index (χ1v) is 3.03. The molecule has 0 aliphatic carbocycles. The summed E-state index contributed by atoms with van der Waals surface area (Å²) in [7, 11) is 0. The maximum absolute atomic E-state index is 7.13. The van der Waals surface area contributed by atoms with Crippen LogP contribution in [0.25, 0.3) is 0 Å². The third-order valence-electron chi connectivity index (χ3n) is 0.846. The van der Waals surface area contributed by atoms with E-state index in [0.717, 1.165) is 6.42 Å². The predicted octanol–water partition coefficient (Wildman–Crippen LogP) is 2.02. The van der Waals surface area contributed by atoms with E-state index in [-0.39, 0.29) is 0 Å². The topological polar surface area (TPSA) is 36.2 Å². The summed E-state index contributed by atoms with van der Waals surface area (Å²) in [6.45, 7) is 3.83. The van der Waals surface area contributed by atoms with Crippen molar-refractivity contribution in [3.05, 3.63) is 12.3 Å². The van der Waals surface area contributed by atoms with E-state index in [1.165, 1.54) is 0 Å². The Morgan fingerprint density at radius 2 is 2.33 bits per heavy atom. The van der Waals surface area contributed by atoms with Gasteiger partial charge in [0.1, 0.15) is 0 Å². The van der Waals surface area contributed by atoms with Gasteiger partial charge in [0.05, 0.1) is 0 Å². The van der Waals surface area contributed by atoms with Crippen LogP contribution in [0, 0.1) is 5.41 Å². The highest BCUT2D eigenvalue weighted by Gasteiger charge is 1.80. The Morgan fingerprint density at radius 1 is 1.67 bits per heavy atom. The molecule has 50 valence electrons. The van der Waals surface area contributed by atoms with E-state index in [4.69, 9.17) is 5.41 Å². The Balaban J connectivity index is 3.57. The van der Waals surface area contributed by atoms with E-state index < -0.39 is 0 Å². The minimum atomic E-state index is 0.563. The molecule has 9 heavy (non-hydrogen) atoms. The van der Waals surface area contributed by atoms with E-state index >= 15 is 0 Å². The van der Waals surface area contributed by atoms with Gasteiger partial charge in [0, 0.05) is 18.1 Å². The molecule has 0 aliphatic heterocycles. The highest BCUT2D eigenvalue weighted by Crippen LogP contribution is 1.77. The number of hydrogen-bond donors (Lipinski definition) is 1. The molecule has 0 radical (unpaired) electrons. The molecule has 0 aromatic heterocycles. The van der Waals surface area contributed by atoms with Gasteiger partial charge in [-0.15, -0.1) is 0 Å². The third-order valence-corrected chi connectivity index (χ3v) is 0.846. The van der Waals surface area contributed by atoms with Gasteiger partial charge in [-0.25, -0.2) is 0 Å². The molecule has 0 saturated heterocycles. The monoisotopic (exact) mass is 124 g/mol. The summed E-state index contributed by atoms with van der Waals surface area (Å²) in [5, 5.41) is 7.13. The fraction of sp³-hybridized carbons (Fsp3) is 0.429. The highest BCUT2D eigenvalue weighted by molar-refractivity contribution is 6.29. The maximum Gasteiger partial charge on any atom is 0.0493 e. The fourth-order valence-electron chi connectivity index (χ4n) is 0.310. The molecule has 0 bridgehead atoms. The van der Waals surface area contributed by atoms with Crippen LogP contribution < -0.4 is 0 Å². The second-order valence-electron chi connectivity index (χ2n) is 1.64. The average Bonchev–Trinajstić information content (AvgIpc) is 1.89. The zero-order valence-electron chi connectivity index (χ0n) is 5.89. The molecule has 2 heteroatoms. The van der Waals surface area contributed by atoms with Crippen LogP contribution >= 0.6 is 0 Å². The number of rotatable bonds is 3. The van der Waals surface area contributed by atoms with Crippen molar-refractivity contribution in [3.8, 4) is 0 Å². The number of aliphatic imine (C=N–C) groups is 1. The second-order valence-corrected chi connectivity index (χ2v) is 1.64. The second kappa shape index (κ2) is 5.22. The van der Waals surface area contributed by atoms with Crippen molar-refractivity contribution in [2.45, 2.75) is 20.3 Å². The van der Waals surface area contributed by atoms with E-state index in [2.05, 4.69) is 4.99 Å². The summed E-state index contributed by atoms with van der Waals surface area (Å²) in [4.78, 5) is 3.83. The summed E-state index contributed by atoms with van der Waals surface area (Å²) in [5.74, 6) is 0. The fourth-order valence-corrected chi connectivity index (χ4v) is 0.310. The van der Waals surface area contributed by atoms with Gasteiger partial charge >= 0.3 is 0 Å². The normalized spacial score (nSPS) is 11.3. The lowest BCUT2D eigenvalue weighted by molar-refractivity contribution is 1.27. The number of nitrogens with one attached hydrogen (secondary N) is 1. The summed E-state index contributed by atoms with van der Waals surface area (Å²) < 4.78 is 0. The van der Waals surface area contributed by atoms with Gasteiger partial charge in [0.2, 0.25) is 0 Å². The molecule has 0 fully saturated rings. The largest absolute Gasteiger partial charge is 0.304 e. The Bertz CT molecular complexity index is 134. The van der Waals surface area contributed by atoms with Crippen LogP contribution in [0.5, 0.6) is 0 Å². The maximum atomic E-state index is 7.13. The summed E-state index contributed by atoms with van der Waals surface area (Å²) in [6.07, 6.45) is 5.81. The number of nitrogens with zero attached hydrogens (tertiary/aromatic N) is 1. The van der Waals surface area contributed by atoms with Crippen LogP contribution in [0.15, 0.2) is 17.3 Å². The van der Waals surface area contributed by atoms with E-state index in [1.807, 2.05) is 19.9 Å². The molecule has 0 heterocycles. The third kappa shape index (κ3) is 4.94. The summed E-state index contributed by atoms with van der Waals surface area (Å²) in [5.41, 5.74) is 0.563. The Morgan fingerprint density at radius 3 is 2.78 bits per heavy atom.